The van der Waals surface area contributed by atoms with Crippen LogP contribution in [0.1, 0.15) is 19.8 Å². The van der Waals surface area contributed by atoms with Gasteiger partial charge in [-0.3, -0.25) is 0 Å². The fourth-order valence-electron chi connectivity index (χ4n) is 0.615. The number of nitrogens with zero attached hydrogens (tertiary/aromatic N) is 4. The number of halogens is 1. The molecule has 5 heteroatoms. The lowest BCUT2D eigenvalue weighted by molar-refractivity contribution is 0.169. The van der Waals surface area contributed by atoms with Crippen molar-refractivity contribution in [3.8, 4) is 0 Å². The Kier molecular flexibility index (Phi) is 1.50. The Labute approximate surface area is 51.9 Å². The minimum Gasteiger partial charge on any atom is -0.187 e. The van der Waals surface area contributed by atoms with Crippen LogP contribution in [0.4, 0.5) is 4.39 Å². The molecular weight excluding hydrogens is 123 g/mol. The maximum Gasteiger partial charge on any atom is 0.332 e. The molecule has 0 aliphatic carbocycles. The van der Waals surface area contributed by atoms with Crippen LogP contribution in [0.3, 0.4) is 0 Å². The van der Waals surface area contributed by atoms with Crippen molar-refractivity contribution in [3.05, 3.63) is 0 Å². The topological polar surface area (TPSA) is 49.4 Å². The lowest BCUT2D eigenvalue weighted by Crippen LogP contribution is -2.11. The summed E-state index contributed by atoms with van der Waals surface area (Å²) in [6.07, 6.45) is 0.953. The summed E-state index contributed by atoms with van der Waals surface area (Å²) < 4.78 is 12.8. The van der Waals surface area contributed by atoms with Crippen LogP contribution >= 0.6 is 0 Å². The van der Waals surface area contributed by atoms with E-state index in [0.29, 0.717) is 6.42 Å². The molecule has 9 heavy (non-hydrogen) atoms. The zero-order chi connectivity index (χ0) is 6.74. The molecule has 0 amide bonds. The molecule has 0 bridgehead atoms. The van der Waals surface area contributed by atoms with Gasteiger partial charge in [0.15, 0.2) is 0 Å². The van der Waals surface area contributed by atoms with Gasteiger partial charge in [-0.1, -0.05) is 6.92 Å². The second-order valence-electron chi connectivity index (χ2n) is 1.85. The van der Waals surface area contributed by atoms with Crippen molar-refractivity contribution in [1.29, 1.82) is 0 Å². The molecule has 1 rings (SSSR count). The fourth-order valence-corrected chi connectivity index (χ4v) is 0.615. The predicted molar refractivity (Wildman–Crippen MR) is 28.5 cm³/mol. The fraction of sp³-hybridized carbons (Fsp3) is 1.00. The lowest BCUT2D eigenvalue weighted by atomic mass is 10.3. The third kappa shape index (κ3) is 1.28. The second kappa shape index (κ2) is 2.16. The maximum absolute atomic E-state index is 12.8. The number of rotatable bonds is 2. The molecule has 0 N–H and O–H groups in total. The highest BCUT2D eigenvalue weighted by atomic mass is 19.1. The lowest BCUT2D eigenvalue weighted by Gasteiger charge is -2.04. The van der Waals surface area contributed by atoms with Crippen LogP contribution < -0.4 is 0 Å². The van der Waals surface area contributed by atoms with Gasteiger partial charge in [0.2, 0.25) is 0 Å². The van der Waals surface area contributed by atoms with Crippen LogP contribution in [0.25, 0.3) is 0 Å². The van der Waals surface area contributed by atoms with Crippen LogP contribution in [-0.4, -0.2) is 5.92 Å². The average Bonchev–Trinajstić information content (AvgIpc) is 2.16. The summed E-state index contributed by atoms with van der Waals surface area (Å²) in [7, 11) is 0. The minimum absolute atomic E-state index is 0.264. The van der Waals surface area contributed by atoms with E-state index >= 15 is 0 Å². The van der Waals surface area contributed by atoms with Crippen molar-refractivity contribution in [2.45, 2.75) is 25.7 Å². The van der Waals surface area contributed by atoms with E-state index in [1.807, 2.05) is 6.92 Å². The van der Waals surface area contributed by atoms with Crippen molar-refractivity contribution in [2.24, 2.45) is 20.7 Å². The highest BCUT2D eigenvalue weighted by molar-refractivity contribution is 4.70. The van der Waals surface area contributed by atoms with E-state index in [-0.39, 0.29) is 6.42 Å². The molecule has 0 unspecified atom stereocenters. The van der Waals surface area contributed by atoms with E-state index in [2.05, 4.69) is 20.7 Å². The van der Waals surface area contributed by atoms with Crippen LogP contribution in [-0.2, 0) is 0 Å². The third-order valence-corrected chi connectivity index (χ3v) is 1.00. The van der Waals surface area contributed by atoms with Crippen molar-refractivity contribution >= 4 is 0 Å². The van der Waals surface area contributed by atoms with Crippen LogP contribution in [0, 0.1) is 0 Å². The van der Waals surface area contributed by atoms with Gasteiger partial charge in [-0.2, -0.15) is 4.39 Å². The first-order valence-corrected chi connectivity index (χ1v) is 2.80. The second-order valence-corrected chi connectivity index (χ2v) is 1.85. The maximum atomic E-state index is 12.8. The molecule has 0 fully saturated rings. The Morgan fingerprint density at radius 3 is 2.33 bits per heavy atom. The van der Waals surface area contributed by atoms with Crippen molar-refractivity contribution in [1.82, 2.24) is 0 Å². The summed E-state index contributed by atoms with van der Waals surface area (Å²) in [6.45, 7) is 1.85. The molecule has 4 nitrogen and oxygen atoms in total. The highest BCUT2D eigenvalue weighted by Crippen LogP contribution is 2.26. The van der Waals surface area contributed by atoms with Gasteiger partial charge in [-0.05, 0) is 16.9 Å². The summed E-state index contributed by atoms with van der Waals surface area (Å²) >= 11 is 0. The van der Waals surface area contributed by atoms with Crippen molar-refractivity contribution < 1.29 is 4.39 Å². The molecule has 1 heterocycles. The van der Waals surface area contributed by atoms with Gasteiger partial charge in [0, 0.05) is 6.42 Å². The first-order chi connectivity index (χ1) is 4.27. The quantitative estimate of drug-likeness (QED) is 0.515. The van der Waals surface area contributed by atoms with Gasteiger partial charge in [-0.15, -0.1) is 10.2 Å². The number of alkyl halides is 1. The smallest absolute Gasteiger partial charge is 0.187 e. The van der Waals surface area contributed by atoms with Crippen molar-refractivity contribution in [2.75, 3.05) is 0 Å². The van der Waals surface area contributed by atoms with Gasteiger partial charge in [0.05, 0.1) is 0 Å². The highest BCUT2D eigenvalue weighted by Gasteiger charge is 2.30. The van der Waals surface area contributed by atoms with Gasteiger partial charge < -0.3 is 0 Å². The molecule has 0 aromatic carbocycles. The minimum atomic E-state index is -1.84. The normalized spacial score (nSPS) is 21.1. The van der Waals surface area contributed by atoms with Crippen molar-refractivity contribution in [3.63, 3.8) is 0 Å². The summed E-state index contributed by atoms with van der Waals surface area (Å²) in [5.41, 5.74) is 0. The van der Waals surface area contributed by atoms with Crippen LogP contribution in [0.2, 0.25) is 0 Å². The standard InChI is InChI=1S/C4H7FN4/c1-2-3-4(5)6-8-9-7-4/h2-3H2,1H3. The predicted octanol–water partition coefficient (Wildman–Crippen LogP) is 2.24. The Hall–Kier alpha value is -0.870. The molecule has 0 saturated carbocycles. The molecular formula is C4H7FN4. The van der Waals surface area contributed by atoms with E-state index in [9.17, 15) is 4.39 Å². The summed E-state index contributed by atoms with van der Waals surface area (Å²) in [4.78, 5) is 0. The van der Waals surface area contributed by atoms with Crippen LogP contribution in [0.5, 0.6) is 0 Å². The largest absolute Gasteiger partial charge is 0.332 e. The molecule has 1 aliphatic rings. The Morgan fingerprint density at radius 1 is 1.33 bits per heavy atom. The number of hydrogen-bond acceptors (Lipinski definition) is 4. The molecule has 0 radical (unpaired) electrons. The Morgan fingerprint density at radius 2 is 1.89 bits per heavy atom. The molecule has 1 aliphatic heterocycles. The molecule has 0 aromatic heterocycles. The Bertz CT molecular complexity index is 141. The third-order valence-electron chi connectivity index (χ3n) is 1.00. The van der Waals surface area contributed by atoms with E-state index in [1.165, 1.54) is 0 Å². The average molecular weight is 130 g/mol. The SMILES string of the molecule is CCCC1(F)N=NN=N1. The zero-order valence-corrected chi connectivity index (χ0v) is 5.08. The molecule has 50 valence electrons. The number of hydrogen-bond donors (Lipinski definition) is 0. The zero-order valence-electron chi connectivity index (χ0n) is 5.08. The molecule has 0 saturated heterocycles. The summed E-state index contributed by atoms with van der Waals surface area (Å²) in [5, 5.41) is 12.5. The molecule has 0 atom stereocenters. The monoisotopic (exact) mass is 130 g/mol. The van der Waals surface area contributed by atoms with Crippen LogP contribution in [0.15, 0.2) is 20.7 Å². The Balaban J connectivity index is 2.53. The van der Waals surface area contributed by atoms with E-state index < -0.39 is 5.92 Å². The van der Waals surface area contributed by atoms with Gasteiger partial charge in [0.25, 0.3) is 0 Å². The van der Waals surface area contributed by atoms with Gasteiger partial charge >= 0.3 is 5.92 Å². The van der Waals surface area contributed by atoms with E-state index in [1.54, 1.807) is 0 Å². The van der Waals surface area contributed by atoms with E-state index in [4.69, 9.17) is 0 Å². The van der Waals surface area contributed by atoms with Gasteiger partial charge in [-0.25, -0.2) is 0 Å². The summed E-state index contributed by atoms with van der Waals surface area (Å²) in [6, 6.07) is 0. The van der Waals surface area contributed by atoms with E-state index in [0.717, 1.165) is 0 Å². The molecule has 0 aromatic rings. The first kappa shape index (κ1) is 6.25. The summed E-state index contributed by atoms with van der Waals surface area (Å²) in [5.74, 6) is -1.84. The first-order valence-electron chi connectivity index (χ1n) is 2.80. The van der Waals surface area contributed by atoms with Gasteiger partial charge in [0.1, 0.15) is 0 Å². The molecule has 0 spiro atoms.